The lowest BCUT2D eigenvalue weighted by Gasteiger charge is -2.32. The van der Waals surface area contributed by atoms with E-state index in [9.17, 15) is 4.79 Å². The summed E-state index contributed by atoms with van der Waals surface area (Å²) in [6.07, 6.45) is 3.56. The molecule has 2 N–H and O–H groups in total. The first kappa shape index (κ1) is 14.4. The largest absolute Gasteiger partial charge is 0.384 e. The Morgan fingerprint density at radius 3 is 2.65 bits per heavy atom. The number of hydrogen-bond donors (Lipinski definition) is 1. The highest BCUT2D eigenvalue weighted by Gasteiger charge is 2.22. The van der Waals surface area contributed by atoms with E-state index in [0.29, 0.717) is 25.7 Å². The maximum Gasteiger partial charge on any atom is 0.224 e. The quantitative estimate of drug-likeness (QED) is 0.658. The lowest BCUT2D eigenvalue weighted by molar-refractivity contribution is -0.134. The zero-order valence-corrected chi connectivity index (χ0v) is 10.7. The minimum Gasteiger partial charge on any atom is -0.384 e. The fraction of sp³-hybridized carbons (Fsp3) is 0.917. The molecule has 0 saturated carbocycles. The number of likely N-dealkylation sites (tertiary alicyclic amines) is 1. The van der Waals surface area contributed by atoms with Gasteiger partial charge in [-0.3, -0.25) is 4.79 Å². The van der Waals surface area contributed by atoms with E-state index in [1.54, 1.807) is 7.11 Å². The van der Waals surface area contributed by atoms with E-state index in [-0.39, 0.29) is 5.91 Å². The molecule has 5 heteroatoms. The number of ether oxygens (including phenoxy) is 2. The SMILES string of the molecule is COCCC(=O)N1CCC(OCCCN)CC1. The van der Waals surface area contributed by atoms with Crippen LogP contribution in [-0.4, -0.2) is 56.9 Å². The highest BCUT2D eigenvalue weighted by atomic mass is 16.5. The van der Waals surface area contributed by atoms with Crippen molar-refractivity contribution in [2.24, 2.45) is 5.73 Å². The van der Waals surface area contributed by atoms with Crippen LogP contribution in [-0.2, 0) is 14.3 Å². The van der Waals surface area contributed by atoms with E-state index in [2.05, 4.69) is 0 Å². The van der Waals surface area contributed by atoms with E-state index in [1.165, 1.54) is 0 Å². The number of carbonyl (C=O) groups excluding carboxylic acids is 1. The van der Waals surface area contributed by atoms with Gasteiger partial charge < -0.3 is 20.1 Å². The number of rotatable bonds is 7. The second-order valence-corrected chi connectivity index (χ2v) is 4.34. The minimum atomic E-state index is 0.187. The number of nitrogens with zero attached hydrogens (tertiary/aromatic N) is 1. The van der Waals surface area contributed by atoms with Crippen LogP contribution < -0.4 is 5.73 Å². The van der Waals surface area contributed by atoms with Gasteiger partial charge in [0.1, 0.15) is 0 Å². The predicted molar refractivity (Wildman–Crippen MR) is 65.7 cm³/mol. The number of amides is 1. The molecule has 1 saturated heterocycles. The Bertz CT molecular complexity index is 216. The van der Waals surface area contributed by atoms with Gasteiger partial charge in [0.05, 0.1) is 19.1 Å². The third kappa shape index (κ3) is 5.48. The fourth-order valence-electron chi connectivity index (χ4n) is 1.95. The van der Waals surface area contributed by atoms with Crippen molar-refractivity contribution >= 4 is 5.91 Å². The first-order valence-electron chi connectivity index (χ1n) is 6.36. The molecule has 0 spiro atoms. The molecule has 1 aliphatic heterocycles. The molecular formula is C12H24N2O3. The van der Waals surface area contributed by atoms with Crippen LogP contribution in [0, 0.1) is 0 Å². The molecule has 100 valence electrons. The second-order valence-electron chi connectivity index (χ2n) is 4.34. The molecular weight excluding hydrogens is 220 g/mol. The predicted octanol–water partition coefficient (Wildman–Crippen LogP) is 0.379. The molecule has 0 aromatic carbocycles. The van der Waals surface area contributed by atoms with Crippen molar-refractivity contribution < 1.29 is 14.3 Å². The third-order valence-electron chi connectivity index (χ3n) is 3.02. The Morgan fingerprint density at radius 2 is 2.06 bits per heavy atom. The Morgan fingerprint density at radius 1 is 1.35 bits per heavy atom. The van der Waals surface area contributed by atoms with Crippen LogP contribution >= 0.6 is 0 Å². The molecule has 0 bridgehead atoms. The van der Waals surface area contributed by atoms with E-state index >= 15 is 0 Å². The van der Waals surface area contributed by atoms with Crippen LogP contribution in [0.4, 0.5) is 0 Å². The molecule has 1 aliphatic rings. The van der Waals surface area contributed by atoms with Crippen LogP contribution in [0.3, 0.4) is 0 Å². The van der Waals surface area contributed by atoms with Gasteiger partial charge in [0.25, 0.3) is 0 Å². The van der Waals surface area contributed by atoms with Gasteiger partial charge in [-0.15, -0.1) is 0 Å². The maximum atomic E-state index is 11.7. The maximum absolute atomic E-state index is 11.7. The molecule has 1 rings (SSSR count). The smallest absolute Gasteiger partial charge is 0.224 e. The summed E-state index contributed by atoms with van der Waals surface area (Å²) in [5, 5.41) is 0. The Labute approximate surface area is 103 Å². The van der Waals surface area contributed by atoms with E-state index in [4.69, 9.17) is 15.2 Å². The number of hydrogen-bond acceptors (Lipinski definition) is 4. The normalized spacial score (nSPS) is 17.4. The summed E-state index contributed by atoms with van der Waals surface area (Å²) in [7, 11) is 1.62. The van der Waals surface area contributed by atoms with Crippen LogP contribution in [0.15, 0.2) is 0 Å². The van der Waals surface area contributed by atoms with Crippen LogP contribution in [0.2, 0.25) is 0 Å². The zero-order valence-electron chi connectivity index (χ0n) is 10.7. The van der Waals surface area contributed by atoms with Crippen LogP contribution in [0.25, 0.3) is 0 Å². The molecule has 17 heavy (non-hydrogen) atoms. The molecule has 0 aromatic heterocycles. The third-order valence-corrected chi connectivity index (χ3v) is 3.02. The summed E-state index contributed by atoms with van der Waals surface area (Å²) in [5.74, 6) is 0.187. The summed E-state index contributed by atoms with van der Waals surface area (Å²) < 4.78 is 10.6. The summed E-state index contributed by atoms with van der Waals surface area (Å²) >= 11 is 0. The van der Waals surface area contributed by atoms with E-state index in [1.807, 2.05) is 4.90 Å². The van der Waals surface area contributed by atoms with Gasteiger partial charge in [-0.1, -0.05) is 0 Å². The van der Waals surface area contributed by atoms with Crippen molar-refractivity contribution in [3.8, 4) is 0 Å². The van der Waals surface area contributed by atoms with Crippen LogP contribution in [0.5, 0.6) is 0 Å². The van der Waals surface area contributed by atoms with Crippen molar-refractivity contribution in [1.29, 1.82) is 0 Å². The average molecular weight is 244 g/mol. The van der Waals surface area contributed by atoms with Gasteiger partial charge >= 0.3 is 0 Å². The van der Waals surface area contributed by atoms with Crippen molar-refractivity contribution in [1.82, 2.24) is 4.90 Å². The zero-order chi connectivity index (χ0) is 12.5. The van der Waals surface area contributed by atoms with Crippen LogP contribution in [0.1, 0.15) is 25.7 Å². The number of nitrogens with two attached hydrogens (primary N) is 1. The monoisotopic (exact) mass is 244 g/mol. The summed E-state index contributed by atoms with van der Waals surface area (Å²) in [4.78, 5) is 13.6. The Balaban J connectivity index is 2.14. The Kier molecular flexibility index (Phi) is 7.16. The molecule has 1 fully saturated rings. The molecule has 5 nitrogen and oxygen atoms in total. The van der Waals surface area contributed by atoms with E-state index in [0.717, 1.165) is 39.0 Å². The van der Waals surface area contributed by atoms with Crippen molar-refractivity contribution in [3.05, 3.63) is 0 Å². The van der Waals surface area contributed by atoms with Gasteiger partial charge in [-0.25, -0.2) is 0 Å². The minimum absolute atomic E-state index is 0.187. The van der Waals surface area contributed by atoms with Crippen molar-refractivity contribution in [2.45, 2.75) is 31.8 Å². The molecule has 1 amide bonds. The summed E-state index contributed by atoms with van der Waals surface area (Å²) in [6, 6.07) is 0. The number of carbonyl (C=O) groups is 1. The highest BCUT2D eigenvalue weighted by molar-refractivity contribution is 5.76. The lowest BCUT2D eigenvalue weighted by Crippen LogP contribution is -2.41. The number of piperidine rings is 1. The summed E-state index contributed by atoms with van der Waals surface area (Å²) in [6.45, 7) is 3.52. The number of methoxy groups -OCH3 is 1. The lowest BCUT2D eigenvalue weighted by atomic mass is 10.1. The molecule has 0 aliphatic carbocycles. The molecule has 0 unspecified atom stereocenters. The van der Waals surface area contributed by atoms with Gasteiger partial charge in [0.2, 0.25) is 5.91 Å². The van der Waals surface area contributed by atoms with Crippen molar-refractivity contribution in [2.75, 3.05) is 40.0 Å². The standard InChI is InChI=1S/C12H24N2O3/c1-16-10-5-12(15)14-7-3-11(4-8-14)17-9-2-6-13/h11H,2-10,13H2,1H3. The second kappa shape index (κ2) is 8.44. The van der Waals surface area contributed by atoms with Gasteiger partial charge in [0, 0.05) is 26.8 Å². The van der Waals surface area contributed by atoms with Gasteiger partial charge in [-0.2, -0.15) is 0 Å². The highest BCUT2D eigenvalue weighted by Crippen LogP contribution is 2.14. The topological polar surface area (TPSA) is 64.8 Å². The first-order valence-corrected chi connectivity index (χ1v) is 6.36. The molecule has 1 heterocycles. The van der Waals surface area contributed by atoms with E-state index < -0.39 is 0 Å². The average Bonchev–Trinajstić information content (AvgIpc) is 2.37. The van der Waals surface area contributed by atoms with Gasteiger partial charge in [-0.05, 0) is 25.8 Å². The molecule has 0 atom stereocenters. The van der Waals surface area contributed by atoms with Crippen molar-refractivity contribution in [3.63, 3.8) is 0 Å². The van der Waals surface area contributed by atoms with Gasteiger partial charge in [0.15, 0.2) is 0 Å². The first-order chi connectivity index (χ1) is 8.27. The fourth-order valence-corrected chi connectivity index (χ4v) is 1.95. The Hall–Kier alpha value is -0.650. The molecule has 0 radical (unpaired) electrons. The summed E-state index contributed by atoms with van der Waals surface area (Å²) in [5.41, 5.74) is 5.41. The molecule has 0 aromatic rings.